The summed E-state index contributed by atoms with van der Waals surface area (Å²) in [6, 6.07) is 13.3. The number of hydrogen-bond donors (Lipinski definition) is 1. The molecule has 37 heavy (non-hydrogen) atoms. The van der Waals surface area contributed by atoms with Crippen LogP contribution < -0.4 is 19.7 Å². The molecule has 2 fully saturated rings. The predicted molar refractivity (Wildman–Crippen MR) is 144 cm³/mol. The Balaban J connectivity index is 1.17. The number of nitro benzene ring substituents is 1. The van der Waals surface area contributed by atoms with Crippen molar-refractivity contribution in [3.8, 4) is 11.5 Å². The van der Waals surface area contributed by atoms with E-state index in [2.05, 4.69) is 27.2 Å². The molecule has 0 aliphatic carbocycles. The van der Waals surface area contributed by atoms with Crippen molar-refractivity contribution in [3.05, 3.63) is 52.6 Å². The van der Waals surface area contributed by atoms with Crippen molar-refractivity contribution in [1.29, 1.82) is 0 Å². The minimum Gasteiger partial charge on any atom is -0.497 e. The largest absolute Gasteiger partial charge is 0.497 e. The molecule has 0 bridgehead atoms. The number of ether oxygens (including phenoxy) is 2. The van der Waals surface area contributed by atoms with Gasteiger partial charge in [-0.3, -0.25) is 19.8 Å². The number of carbonyl (C=O) groups is 1. The number of piperazine rings is 1. The van der Waals surface area contributed by atoms with Gasteiger partial charge in [0.15, 0.2) is 5.75 Å². The number of amides is 1. The molecule has 0 aromatic heterocycles. The maximum absolute atomic E-state index is 12.8. The Hall–Kier alpha value is -3.53. The van der Waals surface area contributed by atoms with Crippen LogP contribution in [0.2, 0.25) is 0 Å². The zero-order chi connectivity index (χ0) is 26.2. The second-order valence-electron chi connectivity index (χ2n) is 9.45. The van der Waals surface area contributed by atoms with Crippen LogP contribution in [-0.4, -0.2) is 86.2 Å². The van der Waals surface area contributed by atoms with Crippen LogP contribution in [0.3, 0.4) is 0 Å². The van der Waals surface area contributed by atoms with Crippen molar-refractivity contribution in [3.63, 3.8) is 0 Å². The van der Waals surface area contributed by atoms with Gasteiger partial charge in [-0.15, -0.1) is 0 Å². The van der Waals surface area contributed by atoms with Crippen LogP contribution in [-0.2, 0) is 4.79 Å². The van der Waals surface area contributed by atoms with Gasteiger partial charge in [0, 0.05) is 81.8 Å². The third kappa shape index (κ3) is 7.03. The number of nitrogens with zero attached hydrogens (tertiary/aromatic N) is 4. The van der Waals surface area contributed by atoms with E-state index in [0.29, 0.717) is 26.1 Å². The molecule has 2 aliphatic heterocycles. The van der Waals surface area contributed by atoms with Crippen LogP contribution in [0.1, 0.15) is 26.2 Å². The molecule has 10 nitrogen and oxygen atoms in total. The van der Waals surface area contributed by atoms with Gasteiger partial charge in [-0.2, -0.15) is 0 Å². The van der Waals surface area contributed by atoms with Gasteiger partial charge >= 0.3 is 5.69 Å². The van der Waals surface area contributed by atoms with Gasteiger partial charge in [0.2, 0.25) is 5.91 Å². The van der Waals surface area contributed by atoms with E-state index in [1.54, 1.807) is 26.2 Å². The number of piperidine rings is 1. The third-order valence-electron chi connectivity index (χ3n) is 7.13. The van der Waals surface area contributed by atoms with E-state index in [-0.39, 0.29) is 23.4 Å². The summed E-state index contributed by atoms with van der Waals surface area (Å²) < 4.78 is 10.7. The number of nitro groups is 1. The molecule has 1 amide bonds. The molecule has 0 saturated carbocycles. The van der Waals surface area contributed by atoms with Crippen molar-refractivity contribution in [2.45, 2.75) is 32.2 Å². The van der Waals surface area contributed by atoms with Gasteiger partial charge in [0.05, 0.1) is 18.6 Å². The normalized spacial score (nSPS) is 16.9. The Kier molecular flexibility index (Phi) is 9.05. The number of carbonyl (C=O) groups excluding carboxylic acids is 1. The average Bonchev–Trinajstić information content (AvgIpc) is 2.93. The Labute approximate surface area is 218 Å². The maximum Gasteiger partial charge on any atom is 0.311 e. The molecule has 2 saturated heterocycles. The lowest BCUT2D eigenvalue weighted by Crippen LogP contribution is -2.48. The number of hydrogen-bond acceptors (Lipinski definition) is 8. The lowest BCUT2D eigenvalue weighted by molar-refractivity contribution is -0.385. The van der Waals surface area contributed by atoms with E-state index in [1.807, 2.05) is 17.0 Å². The summed E-state index contributed by atoms with van der Waals surface area (Å²) in [5, 5.41) is 14.7. The lowest BCUT2D eigenvalue weighted by Gasteiger charge is -2.37. The highest BCUT2D eigenvalue weighted by molar-refractivity contribution is 5.76. The van der Waals surface area contributed by atoms with E-state index < -0.39 is 4.92 Å². The molecule has 1 N–H and O–H groups in total. The highest BCUT2D eigenvalue weighted by Crippen LogP contribution is 2.31. The Morgan fingerprint density at radius 1 is 1.05 bits per heavy atom. The average molecular weight is 512 g/mol. The first-order chi connectivity index (χ1) is 18.0. The van der Waals surface area contributed by atoms with Gasteiger partial charge in [0.1, 0.15) is 5.75 Å². The van der Waals surface area contributed by atoms with E-state index >= 15 is 0 Å². The topological polar surface area (TPSA) is 100 Å². The first kappa shape index (κ1) is 26.5. The van der Waals surface area contributed by atoms with Crippen LogP contribution in [0.4, 0.5) is 17.1 Å². The smallest absolute Gasteiger partial charge is 0.311 e. The first-order valence-electron chi connectivity index (χ1n) is 13.0. The van der Waals surface area contributed by atoms with Gasteiger partial charge in [-0.05, 0) is 50.1 Å². The molecule has 2 aromatic rings. The predicted octanol–water partition coefficient (Wildman–Crippen LogP) is 3.62. The monoisotopic (exact) mass is 511 g/mol. The van der Waals surface area contributed by atoms with Crippen molar-refractivity contribution in [2.24, 2.45) is 0 Å². The maximum atomic E-state index is 12.8. The van der Waals surface area contributed by atoms with Crippen molar-refractivity contribution in [1.82, 2.24) is 9.80 Å². The molecular weight excluding hydrogens is 474 g/mol. The molecule has 0 radical (unpaired) electrons. The van der Waals surface area contributed by atoms with Crippen LogP contribution in [0.25, 0.3) is 0 Å². The van der Waals surface area contributed by atoms with Crippen molar-refractivity contribution in [2.75, 3.05) is 69.7 Å². The highest BCUT2D eigenvalue weighted by Gasteiger charge is 2.25. The summed E-state index contributed by atoms with van der Waals surface area (Å²) in [5.74, 6) is 1.35. The molecule has 4 rings (SSSR count). The number of benzene rings is 2. The molecule has 200 valence electrons. The zero-order valence-electron chi connectivity index (χ0n) is 21.7. The lowest BCUT2D eigenvalue weighted by atomic mass is 10.0. The summed E-state index contributed by atoms with van der Waals surface area (Å²) in [6.07, 6.45) is 2.22. The van der Waals surface area contributed by atoms with Crippen LogP contribution >= 0.6 is 0 Å². The van der Waals surface area contributed by atoms with Gasteiger partial charge in [0.25, 0.3) is 0 Å². The standard InChI is InChI=1S/C27H37N5O5/c1-3-37-26-20-22(4-9-25(26)32(34)35)28-21-10-14-31(15-11-21)27(33)12-13-29-16-18-30(19-17-29)23-5-7-24(36-2)8-6-23/h4-9,20-21,28H,3,10-19H2,1-2H3. The van der Waals surface area contributed by atoms with Crippen molar-refractivity contribution >= 4 is 23.0 Å². The third-order valence-corrected chi connectivity index (χ3v) is 7.13. The molecule has 0 atom stereocenters. The molecule has 2 heterocycles. The molecule has 2 aromatic carbocycles. The van der Waals surface area contributed by atoms with Crippen LogP contribution in [0.15, 0.2) is 42.5 Å². The SMILES string of the molecule is CCOc1cc(NC2CCN(C(=O)CCN3CCN(c4ccc(OC)cc4)CC3)CC2)ccc1[N+](=O)[O-]. The summed E-state index contributed by atoms with van der Waals surface area (Å²) >= 11 is 0. The number of rotatable bonds is 10. The summed E-state index contributed by atoms with van der Waals surface area (Å²) in [4.78, 5) is 30.3. The first-order valence-corrected chi connectivity index (χ1v) is 13.0. The zero-order valence-corrected chi connectivity index (χ0v) is 21.7. The fraction of sp³-hybridized carbons (Fsp3) is 0.519. The van der Waals surface area contributed by atoms with E-state index in [9.17, 15) is 14.9 Å². The van der Waals surface area contributed by atoms with Crippen molar-refractivity contribution < 1.29 is 19.2 Å². The quantitative estimate of drug-likeness (QED) is 0.381. The molecular formula is C27H37N5O5. The summed E-state index contributed by atoms with van der Waals surface area (Å²) in [7, 11) is 1.68. The molecule has 0 unspecified atom stereocenters. The molecule has 10 heteroatoms. The Bertz CT molecular complexity index is 1050. The van der Waals surface area contributed by atoms with E-state index in [4.69, 9.17) is 9.47 Å². The van der Waals surface area contributed by atoms with E-state index in [0.717, 1.165) is 57.0 Å². The minimum absolute atomic E-state index is 0.0324. The van der Waals surface area contributed by atoms with E-state index in [1.165, 1.54) is 11.8 Å². The fourth-order valence-corrected chi connectivity index (χ4v) is 4.97. The van der Waals surface area contributed by atoms with Crippen LogP contribution in [0.5, 0.6) is 11.5 Å². The number of nitrogens with one attached hydrogen (secondary N) is 1. The molecule has 0 spiro atoms. The number of methoxy groups -OCH3 is 1. The van der Waals surface area contributed by atoms with Crippen LogP contribution in [0, 0.1) is 10.1 Å². The Morgan fingerprint density at radius 3 is 2.38 bits per heavy atom. The second-order valence-corrected chi connectivity index (χ2v) is 9.45. The van der Waals surface area contributed by atoms with Gasteiger partial charge < -0.3 is 24.6 Å². The summed E-state index contributed by atoms with van der Waals surface area (Å²) in [6.45, 7) is 8.18. The highest BCUT2D eigenvalue weighted by atomic mass is 16.6. The summed E-state index contributed by atoms with van der Waals surface area (Å²) in [5.41, 5.74) is 1.97. The Morgan fingerprint density at radius 2 is 1.76 bits per heavy atom. The number of likely N-dealkylation sites (tertiary alicyclic amines) is 1. The molecule has 2 aliphatic rings. The van der Waals surface area contributed by atoms with Gasteiger partial charge in [-0.25, -0.2) is 0 Å². The number of anilines is 2. The fourth-order valence-electron chi connectivity index (χ4n) is 4.97. The minimum atomic E-state index is -0.431. The second kappa shape index (κ2) is 12.6. The van der Waals surface area contributed by atoms with Gasteiger partial charge in [-0.1, -0.05) is 0 Å².